The minimum Gasteiger partial charge on any atom is -0.454 e. The SMILES string of the molecule is Cc1cc(Nc2nc(O[C@H](C)c3ccc(F)cn3)ncc2F)n[nH]1. The molecule has 24 heavy (non-hydrogen) atoms. The van der Waals surface area contributed by atoms with Crippen molar-refractivity contribution in [1.29, 1.82) is 0 Å². The first kappa shape index (κ1) is 15.8. The van der Waals surface area contributed by atoms with Crippen LogP contribution in [0, 0.1) is 18.6 Å². The third-order valence-electron chi connectivity index (χ3n) is 3.12. The molecule has 0 aliphatic heterocycles. The van der Waals surface area contributed by atoms with E-state index in [0.717, 1.165) is 18.1 Å². The zero-order valence-electron chi connectivity index (χ0n) is 12.9. The first-order valence-electron chi connectivity index (χ1n) is 7.11. The van der Waals surface area contributed by atoms with E-state index in [1.54, 1.807) is 13.0 Å². The molecule has 124 valence electrons. The number of nitrogens with one attached hydrogen (secondary N) is 2. The number of aryl methyl sites for hydroxylation is 1. The maximum Gasteiger partial charge on any atom is 0.319 e. The van der Waals surface area contributed by atoms with Gasteiger partial charge < -0.3 is 10.1 Å². The van der Waals surface area contributed by atoms with Gasteiger partial charge >= 0.3 is 6.01 Å². The van der Waals surface area contributed by atoms with Crippen LogP contribution in [0.1, 0.15) is 24.4 Å². The molecule has 1 atom stereocenters. The Balaban J connectivity index is 1.76. The van der Waals surface area contributed by atoms with Crippen LogP contribution in [0.25, 0.3) is 0 Å². The lowest BCUT2D eigenvalue weighted by Crippen LogP contribution is -2.09. The van der Waals surface area contributed by atoms with Crippen LogP contribution >= 0.6 is 0 Å². The number of pyridine rings is 1. The van der Waals surface area contributed by atoms with E-state index in [-0.39, 0.29) is 11.8 Å². The number of nitrogens with zero attached hydrogens (tertiary/aromatic N) is 4. The summed E-state index contributed by atoms with van der Waals surface area (Å²) in [5.74, 6) is -0.726. The third kappa shape index (κ3) is 3.62. The zero-order chi connectivity index (χ0) is 17.1. The summed E-state index contributed by atoms with van der Waals surface area (Å²) in [6.45, 7) is 3.53. The van der Waals surface area contributed by atoms with Crippen LogP contribution in [0.3, 0.4) is 0 Å². The first-order chi connectivity index (χ1) is 11.5. The smallest absolute Gasteiger partial charge is 0.319 e. The lowest BCUT2D eigenvalue weighted by atomic mass is 10.2. The van der Waals surface area contributed by atoms with Gasteiger partial charge in [0, 0.05) is 11.8 Å². The van der Waals surface area contributed by atoms with E-state index in [1.165, 1.54) is 12.1 Å². The van der Waals surface area contributed by atoms with E-state index in [2.05, 4.69) is 30.5 Å². The zero-order valence-corrected chi connectivity index (χ0v) is 12.9. The molecular weight excluding hydrogens is 318 g/mol. The van der Waals surface area contributed by atoms with Crippen molar-refractivity contribution in [3.8, 4) is 6.01 Å². The maximum atomic E-state index is 13.8. The molecule has 0 amide bonds. The van der Waals surface area contributed by atoms with Crippen molar-refractivity contribution in [2.75, 3.05) is 5.32 Å². The highest BCUT2D eigenvalue weighted by Gasteiger charge is 2.14. The highest BCUT2D eigenvalue weighted by molar-refractivity contribution is 5.52. The van der Waals surface area contributed by atoms with Crippen molar-refractivity contribution in [3.05, 3.63) is 53.6 Å². The van der Waals surface area contributed by atoms with Gasteiger partial charge in [-0.3, -0.25) is 10.1 Å². The molecule has 2 N–H and O–H groups in total. The van der Waals surface area contributed by atoms with Crippen LogP contribution in [0.4, 0.5) is 20.4 Å². The van der Waals surface area contributed by atoms with Gasteiger partial charge in [-0.15, -0.1) is 0 Å². The quantitative estimate of drug-likeness (QED) is 0.746. The maximum absolute atomic E-state index is 13.8. The topological polar surface area (TPSA) is 88.6 Å². The van der Waals surface area contributed by atoms with Crippen molar-refractivity contribution >= 4 is 11.6 Å². The number of aromatic amines is 1. The van der Waals surface area contributed by atoms with Crippen LogP contribution < -0.4 is 10.1 Å². The van der Waals surface area contributed by atoms with Crippen LogP contribution in [0.5, 0.6) is 6.01 Å². The Morgan fingerprint density at radius 1 is 1.21 bits per heavy atom. The molecule has 0 saturated carbocycles. The molecule has 3 heterocycles. The van der Waals surface area contributed by atoms with Crippen molar-refractivity contribution in [3.63, 3.8) is 0 Å². The fourth-order valence-corrected chi connectivity index (χ4v) is 1.94. The number of H-pyrrole nitrogens is 1. The molecule has 9 heteroatoms. The Kier molecular flexibility index (Phi) is 4.32. The lowest BCUT2D eigenvalue weighted by Gasteiger charge is -2.13. The minimum absolute atomic E-state index is 0.0372. The van der Waals surface area contributed by atoms with Crippen LogP contribution in [0.2, 0.25) is 0 Å². The second kappa shape index (κ2) is 6.57. The van der Waals surface area contributed by atoms with E-state index in [4.69, 9.17) is 4.74 Å². The number of aromatic nitrogens is 5. The second-order valence-corrected chi connectivity index (χ2v) is 5.07. The summed E-state index contributed by atoms with van der Waals surface area (Å²) in [6, 6.07) is 4.44. The first-order valence-corrected chi connectivity index (χ1v) is 7.11. The van der Waals surface area contributed by atoms with E-state index in [1.807, 2.05) is 6.92 Å². The second-order valence-electron chi connectivity index (χ2n) is 5.07. The fraction of sp³-hybridized carbons (Fsp3) is 0.200. The fourth-order valence-electron chi connectivity index (χ4n) is 1.94. The van der Waals surface area contributed by atoms with E-state index in [9.17, 15) is 8.78 Å². The predicted molar refractivity (Wildman–Crippen MR) is 81.8 cm³/mol. The summed E-state index contributed by atoms with van der Waals surface area (Å²) in [5.41, 5.74) is 1.32. The molecule has 0 unspecified atom stereocenters. The molecule has 7 nitrogen and oxygen atoms in total. The van der Waals surface area contributed by atoms with Gasteiger partial charge in [0.2, 0.25) is 0 Å². The molecule has 3 aromatic heterocycles. The molecule has 0 aromatic carbocycles. The van der Waals surface area contributed by atoms with Gasteiger partial charge in [0.15, 0.2) is 17.5 Å². The van der Waals surface area contributed by atoms with E-state index in [0.29, 0.717) is 11.5 Å². The molecule has 0 bridgehead atoms. The normalized spacial score (nSPS) is 12.0. The van der Waals surface area contributed by atoms with Crippen molar-refractivity contribution in [1.82, 2.24) is 25.1 Å². The van der Waals surface area contributed by atoms with Gasteiger partial charge in [0.1, 0.15) is 11.9 Å². The monoisotopic (exact) mass is 332 g/mol. The van der Waals surface area contributed by atoms with Crippen LogP contribution in [-0.4, -0.2) is 25.1 Å². The minimum atomic E-state index is -0.643. The van der Waals surface area contributed by atoms with E-state index >= 15 is 0 Å². The summed E-state index contributed by atoms with van der Waals surface area (Å²) in [5, 5.41) is 9.42. The number of hydrogen-bond acceptors (Lipinski definition) is 6. The molecule has 0 aliphatic carbocycles. The number of rotatable bonds is 5. The number of ether oxygens (including phenoxy) is 1. The summed E-state index contributed by atoms with van der Waals surface area (Å²) >= 11 is 0. The van der Waals surface area contributed by atoms with Crippen molar-refractivity contribution in [2.45, 2.75) is 20.0 Å². The van der Waals surface area contributed by atoms with Crippen LogP contribution in [-0.2, 0) is 0 Å². The summed E-state index contributed by atoms with van der Waals surface area (Å²) in [7, 11) is 0. The lowest BCUT2D eigenvalue weighted by molar-refractivity contribution is 0.202. The number of anilines is 2. The molecule has 0 aliphatic rings. The number of halogens is 2. The molecule has 0 spiro atoms. The Morgan fingerprint density at radius 3 is 2.71 bits per heavy atom. The van der Waals surface area contributed by atoms with Gasteiger partial charge in [-0.2, -0.15) is 10.1 Å². The Bertz CT molecular complexity index is 836. The standard InChI is InChI=1S/C15H14F2N6O/c1-8-5-13(23-22-8)20-14-11(17)7-19-15(21-14)24-9(2)12-4-3-10(16)6-18-12/h3-7,9H,1-2H3,(H2,19,20,21,22,23)/t9-/m1/s1. The Hall–Kier alpha value is -3.10. The third-order valence-corrected chi connectivity index (χ3v) is 3.12. The molecular formula is C15H14F2N6O. The molecule has 0 fully saturated rings. The van der Waals surface area contributed by atoms with Crippen LogP contribution in [0.15, 0.2) is 30.6 Å². The highest BCUT2D eigenvalue weighted by atomic mass is 19.1. The predicted octanol–water partition coefficient (Wildman–Crippen LogP) is 3.06. The summed E-state index contributed by atoms with van der Waals surface area (Å²) < 4.78 is 32.3. The van der Waals surface area contributed by atoms with Gasteiger partial charge in [-0.1, -0.05) is 0 Å². The highest BCUT2D eigenvalue weighted by Crippen LogP contribution is 2.21. The van der Waals surface area contributed by atoms with Crippen molar-refractivity contribution in [2.24, 2.45) is 0 Å². The molecule has 3 aromatic rings. The van der Waals surface area contributed by atoms with E-state index < -0.39 is 17.7 Å². The number of hydrogen-bond donors (Lipinski definition) is 2. The average Bonchev–Trinajstić information content (AvgIpc) is 2.96. The van der Waals surface area contributed by atoms with Gasteiger partial charge in [-0.05, 0) is 26.0 Å². The van der Waals surface area contributed by atoms with Gasteiger partial charge in [0.05, 0.1) is 18.1 Å². The summed E-state index contributed by atoms with van der Waals surface area (Å²) in [6.07, 6.45) is 1.55. The Morgan fingerprint density at radius 2 is 2.04 bits per heavy atom. The largest absolute Gasteiger partial charge is 0.454 e. The molecule has 0 saturated heterocycles. The average molecular weight is 332 g/mol. The van der Waals surface area contributed by atoms with Crippen molar-refractivity contribution < 1.29 is 13.5 Å². The Labute approximate surface area is 136 Å². The van der Waals surface area contributed by atoms with Gasteiger partial charge in [0.25, 0.3) is 0 Å². The summed E-state index contributed by atoms with van der Waals surface area (Å²) in [4.78, 5) is 11.7. The molecule has 0 radical (unpaired) electrons. The molecule has 3 rings (SSSR count). The van der Waals surface area contributed by atoms with Gasteiger partial charge in [-0.25, -0.2) is 13.8 Å².